The maximum Gasteiger partial charge on any atom is 0.251 e. The van der Waals surface area contributed by atoms with Crippen molar-refractivity contribution >= 4 is 14.2 Å². The van der Waals surface area contributed by atoms with Crippen molar-refractivity contribution in [2.45, 2.75) is 96.7 Å². The molecule has 1 saturated heterocycles. The summed E-state index contributed by atoms with van der Waals surface area (Å²) in [4.78, 5) is 14.4. The molecule has 1 aliphatic rings. The quantitative estimate of drug-likeness (QED) is 0.357. The van der Waals surface area contributed by atoms with E-state index in [9.17, 15) is 4.79 Å². The first kappa shape index (κ1) is 24.1. The molecule has 1 fully saturated rings. The number of hydrogen-bond donors (Lipinski definition) is 0. The van der Waals surface area contributed by atoms with Crippen LogP contribution in [0.1, 0.15) is 65.4 Å². The van der Waals surface area contributed by atoms with Gasteiger partial charge in [-0.2, -0.15) is 0 Å². The third-order valence-corrected chi connectivity index (χ3v) is 10.9. The maximum atomic E-state index is 12.5. The molecule has 1 aromatic carbocycles. The summed E-state index contributed by atoms with van der Waals surface area (Å²) in [7, 11) is -1.61. The smallest absolute Gasteiger partial charge is 0.251 e. The number of carbonyl (C=O) groups excluding carboxylic acids is 1. The van der Waals surface area contributed by atoms with Crippen LogP contribution >= 0.6 is 0 Å². The van der Waals surface area contributed by atoms with E-state index in [-0.39, 0.29) is 23.2 Å². The van der Waals surface area contributed by atoms with Gasteiger partial charge in [0.25, 0.3) is 5.91 Å². The van der Waals surface area contributed by atoms with Crippen LogP contribution in [0.15, 0.2) is 30.3 Å². The molecule has 5 heteroatoms. The molecule has 2 rings (SSSR count). The van der Waals surface area contributed by atoms with Crippen LogP contribution in [-0.4, -0.2) is 44.5 Å². The lowest BCUT2D eigenvalue weighted by Gasteiger charge is -2.36. The Bertz CT molecular complexity index is 627. The summed E-state index contributed by atoms with van der Waals surface area (Å²) in [6.45, 7) is 15.6. The van der Waals surface area contributed by atoms with Gasteiger partial charge < -0.3 is 14.1 Å². The van der Waals surface area contributed by atoms with Crippen LogP contribution in [0, 0.1) is 0 Å². The van der Waals surface area contributed by atoms with E-state index in [1.807, 2.05) is 30.0 Å². The normalized spacial score (nSPS) is 20.9. The van der Waals surface area contributed by atoms with E-state index < -0.39 is 8.32 Å². The zero-order valence-corrected chi connectivity index (χ0v) is 20.4. The highest BCUT2D eigenvalue weighted by Crippen LogP contribution is 2.36. The third-order valence-electron chi connectivity index (χ3n) is 6.39. The molecule has 0 N–H and O–H groups in total. The van der Waals surface area contributed by atoms with Crippen molar-refractivity contribution in [2.24, 2.45) is 0 Å². The van der Waals surface area contributed by atoms with Crippen LogP contribution in [0.4, 0.5) is 0 Å². The number of nitrogens with zero attached hydrogens (tertiary/aromatic N) is 1. The highest BCUT2D eigenvalue weighted by molar-refractivity contribution is 6.74. The van der Waals surface area contributed by atoms with E-state index in [0.29, 0.717) is 13.1 Å². The van der Waals surface area contributed by atoms with Crippen LogP contribution in [0.25, 0.3) is 0 Å². The maximum absolute atomic E-state index is 12.5. The molecule has 0 radical (unpaired) electrons. The number of morpholine rings is 1. The van der Waals surface area contributed by atoms with Gasteiger partial charge in [0.2, 0.25) is 0 Å². The summed E-state index contributed by atoms with van der Waals surface area (Å²) in [5.41, 5.74) is 1.18. The van der Waals surface area contributed by atoms with Crippen LogP contribution in [-0.2, 0) is 20.5 Å². The topological polar surface area (TPSA) is 38.8 Å². The van der Waals surface area contributed by atoms with Crippen molar-refractivity contribution in [3.8, 4) is 0 Å². The van der Waals surface area contributed by atoms with Gasteiger partial charge in [0.05, 0.1) is 6.10 Å². The number of unbranched alkanes of at least 4 members (excludes halogenated alkanes) is 3. The number of rotatable bonds is 10. The van der Waals surface area contributed by atoms with Crippen LogP contribution in [0.3, 0.4) is 0 Å². The predicted octanol–water partition coefficient (Wildman–Crippen LogP) is 5.77. The number of ether oxygens (including phenoxy) is 1. The van der Waals surface area contributed by atoms with E-state index in [1.165, 1.54) is 18.4 Å². The summed E-state index contributed by atoms with van der Waals surface area (Å²) in [5.74, 6) is 0.105. The molecule has 29 heavy (non-hydrogen) atoms. The highest BCUT2D eigenvalue weighted by atomic mass is 28.4. The Morgan fingerprint density at radius 3 is 2.41 bits per heavy atom. The van der Waals surface area contributed by atoms with E-state index in [0.717, 1.165) is 25.9 Å². The summed E-state index contributed by atoms with van der Waals surface area (Å²) in [6, 6.07) is 10.2. The predicted molar refractivity (Wildman–Crippen MR) is 122 cm³/mol. The summed E-state index contributed by atoms with van der Waals surface area (Å²) in [5, 5.41) is 0.283. The molecule has 1 aliphatic heterocycles. The fourth-order valence-electron chi connectivity index (χ4n) is 3.46. The van der Waals surface area contributed by atoms with E-state index >= 15 is 0 Å². The Labute approximate surface area is 179 Å². The summed E-state index contributed by atoms with van der Waals surface area (Å²) < 4.78 is 12.2. The molecule has 0 saturated carbocycles. The summed E-state index contributed by atoms with van der Waals surface area (Å²) in [6.07, 6.45) is 5.50. The monoisotopic (exact) mass is 419 g/mol. The number of carbonyl (C=O) groups is 1. The van der Waals surface area contributed by atoms with Gasteiger partial charge in [-0.15, -0.1) is 0 Å². The van der Waals surface area contributed by atoms with Crippen molar-refractivity contribution in [3.05, 3.63) is 35.9 Å². The van der Waals surface area contributed by atoms with Gasteiger partial charge in [0, 0.05) is 19.7 Å². The molecular weight excluding hydrogens is 378 g/mol. The molecule has 164 valence electrons. The minimum Gasteiger partial charge on any atom is -0.417 e. The van der Waals surface area contributed by atoms with E-state index in [2.05, 4.69) is 46.0 Å². The van der Waals surface area contributed by atoms with Crippen LogP contribution in [0.5, 0.6) is 0 Å². The SMILES string of the molecule is CC1OC(CCCCCCO[Si](C)(C)C(C)(C)C)CN(Cc2ccccc2)C1=O. The lowest BCUT2D eigenvalue weighted by molar-refractivity contribution is -0.161. The van der Waals surface area contributed by atoms with Gasteiger partial charge in [-0.3, -0.25) is 4.79 Å². The number of benzene rings is 1. The first-order chi connectivity index (χ1) is 13.6. The van der Waals surface area contributed by atoms with Gasteiger partial charge in [-0.05, 0) is 43.5 Å². The Balaban J connectivity index is 1.66. The minimum atomic E-state index is -1.61. The van der Waals surface area contributed by atoms with Crippen molar-refractivity contribution in [3.63, 3.8) is 0 Å². The van der Waals surface area contributed by atoms with Crippen molar-refractivity contribution < 1.29 is 14.0 Å². The van der Waals surface area contributed by atoms with Gasteiger partial charge in [-0.25, -0.2) is 0 Å². The molecule has 1 amide bonds. The fourth-order valence-corrected chi connectivity index (χ4v) is 4.55. The van der Waals surface area contributed by atoms with Crippen LogP contribution < -0.4 is 0 Å². The molecule has 0 aromatic heterocycles. The third kappa shape index (κ3) is 7.54. The number of hydrogen-bond acceptors (Lipinski definition) is 3. The minimum absolute atomic E-state index is 0.105. The van der Waals surface area contributed by atoms with Crippen molar-refractivity contribution in [1.82, 2.24) is 4.90 Å². The molecule has 4 nitrogen and oxygen atoms in total. The standard InChI is InChI=1S/C24H41NO3Si/c1-20-23(26)25(18-21-14-10-9-11-15-21)19-22(28-20)16-12-7-8-13-17-27-29(5,6)24(2,3)4/h9-11,14-15,20,22H,7-8,12-13,16-19H2,1-6H3. The number of amides is 1. The van der Waals surface area contributed by atoms with E-state index in [4.69, 9.17) is 9.16 Å². The van der Waals surface area contributed by atoms with Gasteiger partial charge in [0.1, 0.15) is 6.10 Å². The second-order valence-electron chi connectivity index (χ2n) is 9.92. The lowest BCUT2D eigenvalue weighted by atomic mass is 10.1. The van der Waals surface area contributed by atoms with Crippen molar-refractivity contribution in [2.75, 3.05) is 13.2 Å². The van der Waals surface area contributed by atoms with Gasteiger partial charge in [0.15, 0.2) is 8.32 Å². The average Bonchev–Trinajstić information content (AvgIpc) is 2.64. The Hall–Kier alpha value is -1.17. The lowest BCUT2D eigenvalue weighted by Crippen LogP contribution is -2.50. The van der Waals surface area contributed by atoms with Crippen molar-refractivity contribution in [1.29, 1.82) is 0 Å². The second-order valence-corrected chi connectivity index (χ2v) is 14.7. The van der Waals surface area contributed by atoms with E-state index in [1.54, 1.807) is 0 Å². The molecule has 2 unspecified atom stereocenters. The first-order valence-electron chi connectivity index (χ1n) is 11.2. The zero-order chi connectivity index (χ0) is 21.5. The second kappa shape index (κ2) is 10.7. The zero-order valence-electron chi connectivity index (χ0n) is 19.4. The average molecular weight is 420 g/mol. The Kier molecular flexibility index (Phi) is 8.92. The molecule has 1 heterocycles. The Morgan fingerprint density at radius 1 is 1.10 bits per heavy atom. The molecule has 0 bridgehead atoms. The molecule has 0 aliphatic carbocycles. The highest BCUT2D eigenvalue weighted by Gasteiger charge is 2.36. The molecular formula is C24H41NO3Si. The van der Waals surface area contributed by atoms with Crippen LogP contribution in [0.2, 0.25) is 18.1 Å². The largest absolute Gasteiger partial charge is 0.417 e. The molecule has 0 spiro atoms. The fraction of sp³-hybridized carbons (Fsp3) is 0.708. The first-order valence-corrected chi connectivity index (χ1v) is 14.1. The molecule has 2 atom stereocenters. The Morgan fingerprint density at radius 2 is 1.76 bits per heavy atom. The van der Waals surface area contributed by atoms with Gasteiger partial charge >= 0.3 is 0 Å². The van der Waals surface area contributed by atoms with Gasteiger partial charge in [-0.1, -0.05) is 70.4 Å². The molecule has 1 aromatic rings. The summed E-state index contributed by atoms with van der Waals surface area (Å²) >= 11 is 0.